The number of carboxylic acid groups (broad SMARTS) is 1. The molecule has 0 aliphatic carbocycles. The summed E-state index contributed by atoms with van der Waals surface area (Å²) in [4.78, 5) is 18.9. The van der Waals surface area contributed by atoms with Crippen molar-refractivity contribution in [2.75, 3.05) is 19.7 Å². The zero-order valence-corrected chi connectivity index (χ0v) is 24.6. The predicted octanol–water partition coefficient (Wildman–Crippen LogP) is 6.41. The monoisotopic (exact) mass is 605 g/mol. The van der Waals surface area contributed by atoms with E-state index in [9.17, 15) is 14.3 Å². The van der Waals surface area contributed by atoms with E-state index in [1.54, 1.807) is 37.3 Å². The van der Waals surface area contributed by atoms with Crippen LogP contribution in [-0.4, -0.2) is 51.3 Å². The van der Waals surface area contributed by atoms with Crippen molar-refractivity contribution in [3.8, 4) is 11.5 Å². The Bertz CT molecular complexity index is 1700. The molecule has 2 saturated heterocycles. The van der Waals surface area contributed by atoms with Crippen molar-refractivity contribution in [3.05, 3.63) is 88.0 Å². The minimum Gasteiger partial charge on any atom is -0.478 e. The van der Waals surface area contributed by atoms with E-state index in [0.717, 1.165) is 67.8 Å². The van der Waals surface area contributed by atoms with Gasteiger partial charge in [-0.05, 0) is 92.7 Å². The molecule has 0 spiro atoms. The summed E-state index contributed by atoms with van der Waals surface area (Å²) in [5.74, 6) is 0.0188. The summed E-state index contributed by atoms with van der Waals surface area (Å²) < 4.78 is 35.1. The Morgan fingerprint density at radius 1 is 1.12 bits per heavy atom. The van der Waals surface area contributed by atoms with Gasteiger partial charge < -0.3 is 23.9 Å². The number of halogens is 2. The van der Waals surface area contributed by atoms with Crippen molar-refractivity contribution in [2.45, 2.75) is 57.6 Å². The molecule has 0 amide bonds. The molecule has 3 aromatic carbocycles. The van der Waals surface area contributed by atoms with Crippen LogP contribution in [0.15, 0.2) is 54.6 Å². The fourth-order valence-corrected chi connectivity index (χ4v) is 6.59. The largest absolute Gasteiger partial charge is 0.478 e. The van der Waals surface area contributed by atoms with Gasteiger partial charge in [-0.15, -0.1) is 0 Å². The Morgan fingerprint density at radius 3 is 2.65 bits per heavy atom. The Balaban J connectivity index is 1.03. The molecule has 2 fully saturated rings. The van der Waals surface area contributed by atoms with Crippen LogP contribution in [0.5, 0.6) is 11.5 Å². The van der Waals surface area contributed by atoms with E-state index < -0.39 is 17.6 Å². The number of likely N-dealkylation sites (tertiary alicyclic amines) is 1. The molecule has 1 N–H and O–H groups in total. The van der Waals surface area contributed by atoms with Gasteiger partial charge in [-0.1, -0.05) is 23.7 Å². The summed E-state index contributed by atoms with van der Waals surface area (Å²) in [5.41, 5.74) is 3.27. The van der Waals surface area contributed by atoms with Gasteiger partial charge in [-0.2, -0.15) is 0 Å². The number of ether oxygens (including phenoxy) is 3. The average molecular weight is 606 g/mol. The van der Waals surface area contributed by atoms with Gasteiger partial charge in [-0.3, -0.25) is 4.90 Å². The lowest BCUT2D eigenvalue weighted by atomic mass is 9.89. The molecule has 4 heterocycles. The lowest BCUT2D eigenvalue weighted by Crippen LogP contribution is -2.36. The van der Waals surface area contributed by atoms with E-state index in [-0.39, 0.29) is 11.7 Å². The zero-order valence-electron chi connectivity index (χ0n) is 23.9. The summed E-state index contributed by atoms with van der Waals surface area (Å²) in [5, 5.41) is 9.85. The third-order valence-corrected chi connectivity index (χ3v) is 9.15. The van der Waals surface area contributed by atoms with E-state index in [2.05, 4.69) is 15.5 Å². The second-order valence-electron chi connectivity index (χ2n) is 11.9. The Hall–Kier alpha value is -3.66. The van der Waals surface area contributed by atoms with Gasteiger partial charge in [0.05, 0.1) is 41.4 Å². The highest BCUT2D eigenvalue weighted by Crippen LogP contribution is 2.47. The van der Waals surface area contributed by atoms with Gasteiger partial charge in [0.1, 0.15) is 11.6 Å². The number of nitrogens with zero attached hydrogens (tertiary/aromatic N) is 3. The van der Waals surface area contributed by atoms with Crippen LogP contribution in [0, 0.1) is 11.7 Å². The average Bonchev–Trinajstić information content (AvgIpc) is 3.48. The number of piperidine rings is 1. The molecule has 0 saturated carbocycles. The first-order chi connectivity index (χ1) is 20.8. The number of imidazole rings is 1. The molecule has 2 atom stereocenters. The second kappa shape index (κ2) is 11.1. The number of carboxylic acids is 1. The maximum absolute atomic E-state index is 14.8. The fourth-order valence-electron chi connectivity index (χ4n) is 6.43. The summed E-state index contributed by atoms with van der Waals surface area (Å²) >= 11 is 5.96. The lowest BCUT2D eigenvalue weighted by Gasteiger charge is -2.32. The van der Waals surface area contributed by atoms with E-state index in [1.807, 2.05) is 12.1 Å². The van der Waals surface area contributed by atoms with Crippen molar-refractivity contribution in [3.63, 3.8) is 0 Å². The lowest BCUT2D eigenvalue weighted by molar-refractivity contribution is -0.0711. The van der Waals surface area contributed by atoms with Crippen LogP contribution in [0.3, 0.4) is 0 Å². The molecule has 3 aliphatic rings. The minimum absolute atomic E-state index is 0.132. The smallest absolute Gasteiger partial charge is 0.335 e. The maximum atomic E-state index is 14.8. The number of hydrogen-bond acceptors (Lipinski definition) is 6. The molecule has 1 aromatic heterocycles. The normalized spacial score (nSPS) is 22.2. The standard InChI is InChI=1S/C33H33ClFN3O5/c1-33(25-7-6-23(34)17-26(25)35)42-29-4-2-3-21(31(29)43-33)15-20-9-12-37(13-10-20)19-30-36-27-8-5-22(32(39)40)16-28(27)38(30)18-24-11-14-41-24/h2-8,16-17,20,24H,9-15,18-19H2,1H3,(H,39,40)/t24-,33?/m0/s1. The van der Waals surface area contributed by atoms with Gasteiger partial charge in [0.25, 0.3) is 5.79 Å². The third-order valence-electron chi connectivity index (χ3n) is 8.92. The molecule has 1 unspecified atom stereocenters. The Morgan fingerprint density at radius 2 is 1.93 bits per heavy atom. The number of rotatable bonds is 8. The van der Waals surface area contributed by atoms with Crippen molar-refractivity contribution < 1.29 is 28.5 Å². The van der Waals surface area contributed by atoms with Crippen molar-refractivity contribution in [1.82, 2.24) is 14.5 Å². The third kappa shape index (κ3) is 5.46. The summed E-state index contributed by atoms with van der Waals surface area (Å²) in [6, 6.07) is 15.5. The second-order valence-corrected chi connectivity index (χ2v) is 12.3. The molecule has 10 heteroatoms. The summed E-state index contributed by atoms with van der Waals surface area (Å²) in [6.07, 6.45) is 4.00. The van der Waals surface area contributed by atoms with E-state index in [0.29, 0.717) is 41.1 Å². The molecule has 7 rings (SSSR count). The molecule has 8 nitrogen and oxygen atoms in total. The maximum Gasteiger partial charge on any atom is 0.335 e. The molecular weight excluding hydrogens is 573 g/mol. The fraction of sp³-hybridized carbons (Fsp3) is 0.394. The Labute approximate surface area is 253 Å². The van der Waals surface area contributed by atoms with Crippen LogP contribution < -0.4 is 9.47 Å². The first-order valence-electron chi connectivity index (χ1n) is 14.8. The molecule has 224 valence electrons. The molecule has 4 aromatic rings. The molecule has 43 heavy (non-hydrogen) atoms. The summed E-state index contributed by atoms with van der Waals surface area (Å²) in [6.45, 7) is 5.71. The van der Waals surface area contributed by atoms with Gasteiger partial charge in [-0.25, -0.2) is 14.2 Å². The van der Waals surface area contributed by atoms with Crippen LogP contribution in [0.2, 0.25) is 5.02 Å². The first-order valence-corrected chi connectivity index (χ1v) is 15.2. The van der Waals surface area contributed by atoms with Crippen LogP contribution in [0.1, 0.15) is 53.5 Å². The highest BCUT2D eigenvalue weighted by molar-refractivity contribution is 6.30. The molecule has 0 bridgehead atoms. The SMILES string of the molecule is CC1(c2ccc(Cl)cc2F)Oc2cccc(CC3CCN(Cc4nc5ccc(C(=O)O)cc5n4C[C@@H]4CCO4)CC3)c2O1. The predicted molar refractivity (Wildman–Crippen MR) is 159 cm³/mol. The number of benzene rings is 3. The number of hydrogen-bond donors (Lipinski definition) is 1. The highest BCUT2D eigenvalue weighted by Gasteiger charge is 2.42. The van der Waals surface area contributed by atoms with Crippen LogP contribution in [0.25, 0.3) is 11.0 Å². The number of carbonyl (C=O) groups is 1. The van der Waals surface area contributed by atoms with Crippen LogP contribution in [-0.2, 0) is 30.0 Å². The van der Waals surface area contributed by atoms with Gasteiger partial charge >= 0.3 is 5.97 Å². The van der Waals surface area contributed by atoms with Crippen LogP contribution >= 0.6 is 11.6 Å². The first kappa shape index (κ1) is 28.1. The quantitative estimate of drug-likeness (QED) is 0.248. The van der Waals surface area contributed by atoms with Crippen LogP contribution in [0.4, 0.5) is 4.39 Å². The molecular formula is C33H33ClFN3O5. The highest BCUT2D eigenvalue weighted by atomic mass is 35.5. The number of fused-ring (bicyclic) bond motifs is 2. The van der Waals surface area contributed by atoms with Crippen molar-refractivity contribution >= 4 is 28.6 Å². The van der Waals surface area contributed by atoms with E-state index in [4.69, 9.17) is 30.8 Å². The van der Waals surface area contributed by atoms with Gasteiger partial charge in [0, 0.05) is 18.6 Å². The number of aromatic carboxylic acids is 1. The van der Waals surface area contributed by atoms with Crippen molar-refractivity contribution in [2.24, 2.45) is 5.92 Å². The minimum atomic E-state index is -1.27. The van der Waals surface area contributed by atoms with Gasteiger partial charge in [0.2, 0.25) is 0 Å². The summed E-state index contributed by atoms with van der Waals surface area (Å²) in [7, 11) is 0. The molecule has 0 radical (unpaired) electrons. The van der Waals surface area contributed by atoms with E-state index >= 15 is 0 Å². The van der Waals surface area contributed by atoms with Crippen molar-refractivity contribution in [1.29, 1.82) is 0 Å². The Kier molecular flexibility index (Phi) is 7.27. The van der Waals surface area contributed by atoms with Gasteiger partial charge in [0.15, 0.2) is 11.5 Å². The number of para-hydroxylation sites is 1. The molecule has 3 aliphatic heterocycles. The topological polar surface area (TPSA) is 86.1 Å². The number of aromatic nitrogens is 2. The van der Waals surface area contributed by atoms with E-state index in [1.165, 1.54) is 6.07 Å². The zero-order chi connectivity index (χ0) is 29.7.